The van der Waals surface area contributed by atoms with Crippen LogP contribution in [0, 0.1) is 20.8 Å². The lowest BCUT2D eigenvalue weighted by Gasteiger charge is -2.37. The first-order valence-corrected chi connectivity index (χ1v) is 12.3. The van der Waals surface area contributed by atoms with Crippen LogP contribution >= 0.6 is 11.8 Å². The molecule has 1 aliphatic heterocycles. The van der Waals surface area contributed by atoms with Crippen LogP contribution in [0.2, 0.25) is 0 Å². The van der Waals surface area contributed by atoms with Crippen molar-refractivity contribution in [3.63, 3.8) is 0 Å². The first kappa shape index (κ1) is 23.1. The molecule has 33 heavy (non-hydrogen) atoms. The topological polar surface area (TPSA) is 61.4 Å². The molecule has 6 nitrogen and oxygen atoms in total. The molecule has 0 spiro atoms. The second-order valence-corrected chi connectivity index (χ2v) is 9.45. The van der Waals surface area contributed by atoms with Gasteiger partial charge >= 0.3 is 0 Å². The highest BCUT2D eigenvalue weighted by Gasteiger charge is 2.20. The smallest absolute Gasteiger partial charge is 0.230 e. The number of carbonyl (C=O) groups is 1. The van der Waals surface area contributed by atoms with Gasteiger partial charge in [-0.1, -0.05) is 53.7 Å². The number of piperazine rings is 1. The molecule has 1 aliphatic rings. The molecular formula is C26H31N5OS. The predicted octanol–water partition coefficient (Wildman–Crippen LogP) is 4.14. The van der Waals surface area contributed by atoms with E-state index in [1.807, 2.05) is 18.2 Å². The Balaban J connectivity index is 1.28. The fourth-order valence-corrected chi connectivity index (χ4v) is 4.56. The fourth-order valence-electron chi connectivity index (χ4n) is 3.90. The molecule has 0 aliphatic carbocycles. The number of aromatic nitrogens is 2. The van der Waals surface area contributed by atoms with Gasteiger partial charge in [0.25, 0.3) is 0 Å². The largest absolute Gasteiger partial charge is 0.368 e. The van der Waals surface area contributed by atoms with Gasteiger partial charge in [-0.15, -0.1) is 0 Å². The minimum Gasteiger partial charge on any atom is -0.368 e. The summed E-state index contributed by atoms with van der Waals surface area (Å²) in [6, 6.07) is 16.8. The van der Waals surface area contributed by atoms with Crippen molar-refractivity contribution in [1.82, 2.24) is 15.3 Å². The van der Waals surface area contributed by atoms with Crippen LogP contribution < -0.4 is 15.1 Å². The van der Waals surface area contributed by atoms with Crippen molar-refractivity contribution in [3.05, 3.63) is 77.0 Å². The highest BCUT2D eigenvalue weighted by Crippen LogP contribution is 2.24. The molecule has 3 aromatic rings. The molecule has 0 atom stereocenters. The molecule has 1 fully saturated rings. The number of benzene rings is 2. The molecule has 1 amide bonds. The third-order valence-corrected chi connectivity index (χ3v) is 6.73. The zero-order valence-electron chi connectivity index (χ0n) is 19.5. The fraction of sp³-hybridized carbons (Fsp3) is 0.346. The average Bonchev–Trinajstić information content (AvgIpc) is 2.84. The van der Waals surface area contributed by atoms with Crippen molar-refractivity contribution in [3.8, 4) is 0 Å². The summed E-state index contributed by atoms with van der Waals surface area (Å²) in [5.74, 6) is 1.21. The minimum atomic E-state index is -0.0169. The van der Waals surface area contributed by atoms with Crippen molar-refractivity contribution in [2.24, 2.45) is 0 Å². The van der Waals surface area contributed by atoms with E-state index in [-0.39, 0.29) is 5.91 Å². The summed E-state index contributed by atoms with van der Waals surface area (Å²) in [5, 5.41) is 3.60. The minimum absolute atomic E-state index is 0.0169. The van der Waals surface area contributed by atoms with Crippen LogP contribution in [-0.4, -0.2) is 47.8 Å². The Morgan fingerprint density at radius 2 is 1.64 bits per heavy atom. The zero-order valence-corrected chi connectivity index (χ0v) is 20.4. The summed E-state index contributed by atoms with van der Waals surface area (Å²) in [6.07, 6.45) is 1.78. The molecule has 0 bridgehead atoms. The maximum Gasteiger partial charge on any atom is 0.230 e. The average molecular weight is 462 g/mol. The number of anilines is 2. The van der Waals surface area contributed by atoms with Crippen LogP contribution in [-0.2, 0) is 11.3 Å². The van der Waals surface area contributed by atoms with E-state index in [4.69, 9.17) is 4.98 Å². The highest BCUT2D eigenvalue weighted by atomic mass is 32.2. The molecule has 7 heteroatoms. The molecule has 0 saturated carbocycles. The summed E-state index contributed by atoms with van der Waals surface area (Å²) in [7, 11) is 0. The lowest BCUT2D eigenvalue weighted by molar-refractivity contribution is -0.118. The van der Waals surface area contributed by atoms with Crippen molar-refractivity contribution in [2.45, 2.75) is 32.5 Å². The van der Waals surface area contributed by atoms with Gasteiger partial charge in [0.1, 0.15) is 5.82 Å². The van der Waals surface area contributed by atoms with E-state index in [0.29, 0.717) is 17.5 Å². The first-order valence-electron chi connectivity index (χ1n) is 11.3. The lowest BCUT2D eigenvalue weighted by Crippen LogP contribution is -2.47. The number of rotatable bonds is 7. The maximum atomic E-state index is 12.3. The van der Waals surface area contributed by atoms with Crippen LogP contribution in [0.25, 0.3) is 0 Å². The highest BCUT2D eigenvalue weighted by molar-refractivity contribution is 7.99. The summed E-state index contributed by atoms with van der Waals surface area (Å²) < 4.78 is 0. The molecule has 0 radical (unpaired) electrons. The quantitative estimate of drug-likeness (QED) is 0.422. The predicted molar refractivity (Wildman–Crippen MR) is 136 cm³/mol. The van der Waals surface area contributed by atoms with Crippen molar-refractivity contribution >= 4 is 29.2 Å². The van der Waals surface area contributed by atoms with Gasteiger partial charge in [-0.25, -0.2) is 9.97 Å². The molecular weight excluding hydrogens is 430 g/mol. The van der Waals surface area contributed by atoms with E-state index in [2.05, 4.69) is 71.2 Å². The van der Waals surface area contributed by atoms with Crippen LogP contribution in [0.3, 0.4) is 0 Å². The van der Waals surface area contributed by atoms with Crippen LogP contribution in [0.15, 0.2) is 59.9 Å². The molecule has 0 unspecified atom stereocenters. The summed E-state index contributed by atoms with van der Waals surface area (Å²) in [4.78, 5) is 26.1. The van der Waals surface area contributed by atoms with E-state index >= 15 is 0 Å². The maximum absolute atomic E-state index is 12.3. The van der Waals surface area contributed by atoms with Gasteiger partial charge in [-0.2, -0.15) is 0 Å². The number of hydrogen-bond acceptors (Lipinski definition) is 6. The number of amides is 1. The van der Waals surface area contributed by atoms with Gasteiger partial charge < -0.3 is 15.1 Å². The van der Waals surface area contributed by atoms with E-state index in [1.54, 1.807) is 6.20 Å². The standard InChI is InChI=1S/C26H31N5OS/c1-19-5-8-22(9-6-19)17-28-25(32)18-33-26-27-11-10-24(29-26)31-14-12-30(13-15-31)23-16-20(2)4-7-21(23)3/h4-11,16H,12-15,17-18H2,1-3H3,(H,28,32). The first-order chi connectivity index (χ1) is 16.0. The van der Waals surface area contributed by atoms with Gasteiger partial charge in [0.15, 0.2) is 5.16 Å². The Kier molecular flexibility index (Phi) is 7.50. The van der Waals surface area contributed by atoms with E-state index in [0.717, 1.165) is 37.6 Å². The van der Waals surface area contributed by atoms with Crippen molar-refractivity contribution < 1.29 is 4.79 Å². The third-order valence-electron chi connectivity index (χ3n) is 5.87. The summed E-state index contributed by atoms with van der Waals surface area (Å²) >= 11 is 1.37. The molecule has 4 rings (SSSR count). The number of nitrogens with one attached hydrogen (secondary N) is 1. The number of nitrogens with zero attached hydrogens (tertiary/aromatic N) is 4. The monoisotopic (exact) mass is 461 g/mol. The number of aryl methyl sites for hydroxylation is 3. The number of thioether (sulfide) groups is 1. The number of carbonyl (C=O) groups excluding carboxylic acids is 1. The Hall–Kier alpha value is -3.06. The van der Waals surface area contributed by atoms with Gasteiger partial charge in [-0.05, 0) is 49.6 Å². The molecule has 2 heterocycles. The van der Waals surface area contributed by atoms with Crippen LogP contribution in [0.1, 0.15) is 22.3 Å². The van der Waals surface area contributed by atoms with Gasteiger partial charge in [0.05, 0.1) is 5.75 Å². The number of hydrogen-bond donors (Lipinski definition) is 1. The van der Waals surface area contributed by atoms with Crippen LogP contribution in [0.5, 0.6) is 0 Å². The Labute approximate surface area is 200 Å². The zero-order chi connectivity index (χ0) is 23.2. The molecule has 1 aromatic heterocycles. The molecule has 2 aromatic carbocycles. The van der Waals surface area contributed by atoms with Crippen LogP contribution in [0.4, 0.5) is 11.5 Å². The molecule has 1 saturated heterocycles. The van der Waals surface area contributed by atoms with E-state index in [9.17, 15) is 4.79 Å². The molecule has 172 valence electrons. The lowest BCUT2D eigenvalue weighted by atomic mass is 10.1. The SMILES string of the molecule is Cc1ccc(CNC(=O)CSc2nccc(N3CCN(c4cc(C)ccc4C)CC3)n2)cc1. The summed E-state index contributed by atoms with van der Waals surface area (Å²) in [6.45, 7) is 10.6. The van der Waals surface area contributed by atoms with Crippen molar-refractivity contribution in [2.75, 3.05) is 41.7 Å². The van der Waals surface area contributed by atoms with Crippen molar-refractivity contribution in [1.29, 1.82) is 0 Å². The summed E-state index contributed by atoms with van der Waals surface area (Å²) in [5.41, 5.74) is 6.24. The third kappa shape index (κ3) is 6.26. The molecule has 1 N–H and O–H groups in total. The Morgan fingerprint density at radius 1 is 0.939 bits per heavy atom. The Bertz CT molecular complexity index is 1090. The second kappa shape index (κ2) is 10.7. The second-order valence-electron chi connectivity index (χ2n) is 8.51. The van der Waals surface area contributed by atoms with Gasteiger partial charge in [0, 0.05) is 44.6 Å². The normalized spacial score (nSPS) is 13.8. The van der Waals surface area contributed by atoms with E-state index < -0.39 is 0 Å². The van der Waals surface area contributed by atoms with E-state index in [1.165, 1.54) is 34.1 Å². The van der Waals surface area contributed by atoms with Gasteiger partial charge in [0.2, 0.25) is 5.91 Å². The Morgan fingerprint density at radius 3 is 2.39 bits per heavy atom. The van der Waals surface area contributed by atoms with Gasteiger partial charge in [-0.3, -0.25) is 4.79 Å².